The van der Waals surface area contributed by atoms with Crippen LogP contribution in [-0.2, 0) is 71.5 Å². The average Bonchev–Trinajstić information content (AvgIpc) is 1.46. The van der Waals surface area contributed by atoms with Gasteiger partial charge in [0.25, 0.3) is 0 Å². The third-order valence-corrected chi connectivity index (χ3v) is 21.9. The lowest BCUT2D eigenvalue weighted by molar-refractivity contribution is -0.389. The van der Waals surface area contributed by atoms with Gasteiger partial charge in [0.1, 0.15) is 103 Å². The Labute approximate surface area is 475 Å². The molecule has 10 rings (SSSR count). The predicted molar refractivity (Wildman–Crippen MR) is 273 cm³/mol. The Kier molecular flexibility index (Phi) is 17.0. The quantitative estimate of drug-likeness (QED) is 0.0378. The Bertz CT molecular complexity index is 2490. The summed E-state index contributed by atoms with van der Waals surface area (Å²) >= 11 is 0. The van der Waals surface area contributed by atoms with Crippen LogP contribution in [-0.4, -0.2) is 254 Å². The summed E-state index contributed by atoms with van der Waals surface area (Å²) in [4.78, 5) is 14.7. The largest absolute Gasteiger partial charge is 0.453 e. The number of carbonyl (C=O) groups is 1. The lowest BCUT2D eigenvalue weighted by Gasteiger charge is -2.64. The van der Waals surface area contributed by atoms with E-state index in [9.17, 15) is 73.9 Å². The van der Waals surface area contributed by atoms with Crippen LogP contribution in [0.25, 0.3) is 0 Å². The third kappa shape index (κ3) is 9.71. The van der Waals surface area contributed by atoms with E-state index in [4.69, 9.17) is 56.3 Å². The van der Waals surface area contributed by atoms with Crippen molar-refractivity contribution in [1.29, 1.82) is 0 Å². The molecular weight excluding hydrogens is 1110 g/mol. The maximum absolute atomic E-state index is 14.7. The van der Waals surface area contributed by atoms with Gasteiger partial charge >= 0.3 is 16.4 Å². The van der Waals surface area contributed by atoms with Gasteiger partial charge in [0.15, 0.2) is 30.8 Å². The zero-order chi connectivity index (χ0) is 60.0. The fourth-order valence-corrected chi connectivity index (χ4v) is 17.5. The van der Waals surface area contributed by atoms with E-state index in [1.54, 1.807) is 13.0 Å². The maximum Gasteiger partial charge on any atom is 0.397 e. The number of rotatable bonds is 14. The monoisotopic (exact) mass is 1200 g/mol. The van der Waals surface area contributed by atoms with Crippen molar-refractivity contribution in [1.82, 2.24) is 0 Å². The standard InChI is InChI=1S/C54H86O27S/c1-22-39(76-45-38(64)41(33(59)26(20-56)74-45)77-44-37(63)40(70-9)32(58)25(19-55)73-44)35(61)36(62)43(72-22)78-42-34(60)27(81-82(67,68)69)21-71-46(42)75-30-13-15-50(6)24-18-29(57)54-47(65)80-52(8,31-12-14-48(2,3)79-31)53(54,66)17-16-51(54,7)23(24)10-11-28(50)49(30,4)5/h18,22-23,25-46,55-64,66H,10-17,19-21H2,1-9H3,(H,67,68,69)/t22-,23-,25-,26-,27-,28+,29+,30-,31-,32-,33-,34+,35-,36-,37-,38-,39-,40+,41+,42-,43+,44+,45+,46+,50-,51+,52-,53+,54-/m1/s1. The number of fused-ring (bicyclic) bond motifs is 4. The lowest BCUT2D eigenvalue weighted by atomic mass is 9.40. The molecule has 0 unspecified atom stereocenters. The molecule has 82 heavy (non-hydrogen) atoms. The molecule has 12 N–H and O–H groups in total. The summed E-state index contributed by atoms with van der Waals surface area (Å²) in [6.07, 6.45) is -29.1. The Morgan fingerprint density at radius 3 is 1.85 bits per heavy atom. The molecular formula is C54H86O27S. The molecule has 0 amide bonds. The number of ether oxygens (including phenoxy) is 11. The molecule has 470 valence electrons. The highest BCUT2D eigenvalue weighted by Gasteiger charge is 2.87. The first kappa shape index (κ1) is 63.3. The number of esters is 1. The Hall–Kier alpha value is -1.76. The zero-order valence-corrected chi connectivity index (χ0v) is 48.4. The molecule has 1 spiro atoms. The topological polar surface area (TPSA) is 405 Å². The first-order valence-corrected chi connectivity index (χ1v) is 30.0. The van der Waals surface area contributed by atoms with Gasteiger partial charge in [-0.1, -0.05) is 39.3 Å². The van der Waals surface area contributed by atoms with E-state index in [1.165, 1.54) is 14.0 Å². The fraction of sp³-hybridized carbons (Fsp3) is 0.944. The van der Waals surface area contributed by atoms with Crippen molar-refractivity contribution in [2.24, 2.45) is 33.5 Å². The highest BCUT2D eigenvalue weighted by Crippen LogP contribution is 2.77. The van der Waals surface area contributed by atoms with Gasteiger partial charge < -0.3 is 108 Å². The van der Waals surface area contributed by atoms with Crippen molar-refractivity contribution in [3.8, 4) is 0 Å². The minimum atomic E-state index is -5.19. The summed E-state index contributed by atoms with van der Waals surface area (Å²) in [6.45, 7) is 13.1. The molecule has 28 heteroatoms. The molecule has 10 aliphatic rings. The Morgan fingerprint density at radius 1 is 0.659 bits per heavy atom. The van der Waals surface area contributed by atoms with Gasteiger partial charge in [-0.05, 0) is 107 Å². The molecule has 0 radical (unpaired) electrons. The van der Waals surface area contributed by atoms with Gasteiger partial charge in [0, 0.05) is 7.11 Å². The SMILES string of the molecule is CO[C@@H]1[C@@H](O)[C@H](O[C@@H]2[C@@H](O)[C@H](O[C@H]3[C@H](O)[C@@H](O)[C@H](O[C@H]4[C@H](O[C@@H]5CC[C@]6(C)C7=C[C@H](O)[C@]89C(=O)O[C@](C)([C@H]%10CCC(C)(C)O%10)[C@@]8(O)CC[C@@]9(C)[C@@H]7CC[C@H]6C5(C)C)OC[C@@H](OS(=O)(=O)O)[C@@H]4O)O[C@@H]3C)O[C@H](CO)[C@H]2O)O[C@H](CO)[C@H]1O. The third-order valence-electron chi connectivity index (χ3n) is 21.4. The molecule has 0 bridgehead atoms. The first-order valence-electron chi connectivity index (χ1n) is 28.6. The van der Waals surface area contributed by atoms with E-state index < -0.39 is 210 Å². The van der Waals surface area contributed by atoms with Gasteiger partial charge in [-0.25, -0.2) is 4.18 Å². The Morgan fingerprint density at radius 2 is 1.26 bits per heavy atom. The molecule has 0 aromatic heterocycles. The smallest absolute Gasteiger partial charge is 0.397 e. The fourth-order valence-electron chi connectivity index (χ4n) is 17.0. The average molecular weight is 1200 g/mol. The lowest BCUT2D eigenvalue weighted by Crippen LogP contribution is -2.69. The summed E-state index contributed by atoms with van der Waals surface area (Å²) in [5.41, 5.74) is -6.49. The van der Waals surface area contributed by atoms with E-state index >= 15 is 0 Å². The summed E-state index contributed by atoms with van der Waals surface area (Å²) in [5, 5.41) is 125. The minimum Gasteiger partial charge on any atom is -0.453 e. The van der Waals surface area contributed by atoms with Gasteiger partial charge in [-0.3, -0.25) is 9.35 Å². The van der Waals surface area contributed by atoms with Gasteiger partial charge in [0.05, 0.1) is 43.7 Å². The van der Waals surface area contributed by atoms with Crippen LogP contribution in [0.15, 0.2) is 11.6 Å². The summed E-state index contributed by atoms with van der Waals surface area (Å²) < 4.78 is 104. The highest BCUT2D eigenvalue weighted by molar-refractivity contribution is 7.80. The molecule has 4 aliphatic carbocycles. The van der Waals surface area contributed by atoms with Crippen molar-refractivity contribution >= 4 is 16.4 Å². The molecule has 3 saturated carbocycles. The molecule has 6 heterocycles. The van der Waals surface area contributed by atoms with Crippen LogP contribution in [0.1, 0.15) is 107 Å². The number of hydrogen-bond acceptors (Lipinski definition) is 26. The summed E-state index contributed by atoms with van der Waals surface area (Å²) in [7, 11) is -4.02. The number of cyclic esters (lactones) is 1. The van der Waals surface area contributed by atoms with Gasteiger partial charge in [0.2, 0.25) is 0 Å². The van der Waals surface area contributed by atoms with Crippen LogP contribution in [0.3, 0.4) is 0 Å². The maximum atomic E-state index is 14.7. The van der Waals surface area contributed by atoms with Crippen LogP contribution in [0.2, 0.25) is 0 Å². The second-order valence-corrected chi connectivity index (χ2v) is 27.5. The highest BCUT2D eigenvalue weighted by atomic mass is 32.3. The summed E-state index contributed by atoms with van der Waals surface area (Å²) in [6, 6.07) is 0. The van der Waals surface area contributed by atoms with Crippen LogP contribution >= 0.6 is 0 Å². The number of methoxy groups -OCH3 is 1. The predicted octanol–water partition coefficient (Wildman–Crippen LogP) is -2.26. The number of carbonyl (C=O) groups excluding carboxylic acids is 1. The normalized spacial score (nSPS) is 53.6. The van der Waals surface area contributed by atoms with Crippen molar-refractivity contribution in [2.75, 3.05) is 26.9 Å². The number of aliphatic hydroxyl groups is 11. The van der Waals surface area contributed by atoms with Crippen LogP contribution in [0.4, 0.5) is 0 Å². The van der Waals surface area contributed by atoms with E-state index in [-0.39, 0.29) is 18.3 Å². The summed E-state index contributed by atoms with van der Waals surface area (Å²) in [5.74, 6) is -0.972. The second kappa shape index (κ2) is 22.1. The van der Waals surface area contributed by atoms with Gasteiger partial charge in [-0.2, -0.15) is 8.42 Å². The van der Waals surface area contributed by atoms with Gasteiger partial charge in [-0.15, -0.1) is 0 Å². The first-order chi connectivity index (χ1) is 38.2. The molecule has 6 aliphatic heterocycles. The second-order valence-electron chi connectivity index (χ2n) is 26.5. The van der Waals surface area contributed by atoms with E-state index in [2.05, 4.69) is 6.92 Å². The number of allylic oxidation sites excluding steroid dienone is 1. The molecule has 0 aromatic rings. The molecule has 6 saturated heterocycles. The van der Waals surface area contributed by atoms with Crippen molar-refractivity contribution in [3.05, 3.63) is 11.6 Å². The van der Waals surface area contributed by atoms with E-state index in [1.807, 2.05) is 34.6 Å². The minimum absolute atomic E-state index is 0.131. The van der Waals surface area contributed by atoms with Crippen LogP contribution in [0, 0.1) is 33.5 Å². The van der Waals surface area contributed by atoms with E-state index in [0.717, 1.165) is 5.57 Å². The molecule has 29 atom stereocenters. The van der Waals surface area contributed by atoms with Crippen LogP contribution < -0.4 is 0 Å². The molecule has 9 fully saturated rings. The van der Waals surface area contributed by atoms with Crippen molar-refractivity contribution < 1.29 is 130 Å². The number of aliphatic hydroxyl groups excluding tert-OH is 10. The van der Waals surface area contributed by atoms with Crippen LogP contribution in [0.5, 0.6) is 0 Å². The molecule has 0 aromatic carbocycles. The van der Waals surface area contributed by atoms with E-state index in [0.29, 0.717) is 44.9 Å². The van der Waals surface area contributed by atoms with Crippen molar-refractivity contribution in [2.45, 2.75) is 259 Å². The molecule has 27 nitrogen and oxygen atoms in total. The Balaban J connectivity index is 0.852. The number of hydrogen-bond donors (Lipinski definition) is 12. The zero-order valence-electron chi connectivity index (χ0n) is 47.6. The van der Waals surface area contributed by atoms with Crippen molar-refractivity contribution in [3.63, 3.8) is 0 Å².